The Morgan fingerprint density at radius 2 is 2.12 bits per heavy atom. The zero-order valence-corrected chi connectivity index (χ0v) is 4.02. The van der Waals surface area contributed by atoms with Crippen LogP contribution in [0, 0.1) is 0 Å². The molecule has 8 heavy (non-hydrogen) atoms. The summed E-state index contributed by atoms with van der Waals surface area (Å²) >= 11 is 0. The predicted octanol–water partition coefficient (Wildman–Crippen LogP) is 1.28. The van der Waals surface area contributed by atoms with Gasteiger partial charge < -0.3 is 11.1 Å². The first kappa shape index (κ1) is 6.52. The average molecular weight is 110 g/mol. The van der Waals surface area contributed by atoms with Crippen molar-refractivity contribution in [1.82, 2.24) is 10.2 Å². The van der Waals surface area contributed by atoms with Gasteiger partial charge in [0, 0.05) is 12.4 Å². The van der Waals surface area contributed by atoms with Gasteiger partial charge in [0.15, 0.2) is 0 Å². The van der Waals surface area contributed by atoms with Gasteiger partial charge in [0.2, 0.25) is 0 Å². The second kappa shape index (κ2) is 5.52. The molecule has 0 aromatic carbocycles. The maximum atomic E-state index is 6.75. The highest BCUT2D eigenvalue weighted by molar-refractivity contribution is 4.72. The fraction of sp³-hybridized carbons (Fsp3) is 0. The third-order valence-electron chi connectivity index (χ3n) is 0.406. The highest BCUT2D eigenvalue weighted by atomic mass is 15.1. The minimum atomic E-state index is 1.50. The lowest BCUT2D eigenvalue weighted by Crippen LogP contribution is -1.53. The Morgan fingerprint density at radius 1 is 1.50 bits per heavy atom. The van der Waals surface area contributed by atoms with Crippen molar-refractivity contribution >= 4 is 0 Å². The van der Waals surface area contributed by atoms with Crippen molar-refractivity contribution in [2.75, 3.05) is 0 Å². The number of nitrogens with zero attached hydrogens (tertiary/aromatic N) is 4. The molecule has 0 unspecified atom stereocenters. The predicted molar refractivity (Wildman–Crippen MR) is 28.7 cm³/mol. The Kier molecular flexibility index (Phi) is 4.50. The number of aromatic amines is 1. The third-order valence-corrected chi connectivity index (χ3v) is 0.406. The van der Waals surface area contributed by atoms with Crippen LogP contribution in [-0.4, -0.2) is 10.2 Å². The summed E-state index contributed by atoms with van der Waals surface area (Å²) in [7, 11) is 0. The van der Waals surface area contributed by atoms with E-state index in [1.807, 2.05) is 6.07 Å². The van der Waals surface area contributed by atoms with E-state index in [-0.39, 0.29) is 0 Å². The molecule has 1 rings (SSSR count). The minimum absolute atomic E-state index is 1.50. The van der Waals surface area contributed by atoms with Gasteiger partial charge in [-0.2, -0.15) is 5.10 Å². The molecule has 0 radical (unpaired) electrons. The van der Waals surface area contributed by atoms with Gasteiger partial charge >= 0.3 is 0 Å². The van der Waals surface area contributed by atoms with Crippen molar-refractivity contribution in [1.29, 1.82) is 0 Å². The van der Waals surface area contributed by atoms with Crippen LogP contribution in [0.25, 0.3) is 16.0 Å². The molecule has 0 aliphatic rings. The summed E-state index contributed by atoms with van der Waals surface area (Å²) in [5.74, 6) is 0. The van der Waals surface area contributed by atoms with Crippen molar-refractivity contribution in [2.24, 2.45) is 0 Å². The number of H-pyrrole nitrogens is 1. The molecule has 5 heteroatoms. The van der Waals surface area contributed by atoms with Crippen molar-refractivity contribution in [3.63, 3.8) is 0 Å². The highest BCUT2D eigenvalue weighted by Crippen LogP contribution is 1.64. The topological polar surface area (TPSA) is 87.4 Å². The lowest BCUT2D eigenvalue weighted by molar-refractivity contribution is 1.09. The number of aromatic nitrogens is 2. The molecule has 1 aromatic heterocycles. The second-order valence-electron chi connectivity index (χ2n) is 0.856. The van der Waals surface area contributed by atoms with E-state index < -0.39 is 0 Å². The first-order valence-corrected chi connectivity index (χ1v) is 1.84. The first-order valence-electron chi connectivity index (χ1n) is 1.84. The smallest absolute Gasteiger partial charge is 0.0487 e. The first-order chi connectivity index (χ1) is 3.91. The van der Waals surface area contributed by atoms with Crippen LogP contribution in [0.2, 0.25) is 0 Å². The molecule has 0 aliphatic heterocycles. The van der Waals surface area contributed by atoms with Gasteiger partial charge in [-0.3, -0.25) is 10.0 Å². The molecule has 0 spiro atoms. The quantitative estimate of drug-likeness (QED) is 0.304. The van der Waals surface area contributed by atoms with Crippen LogP contribution in [0.5, 0.6) is 0 Å². The second-order valence-corrected chi connectivity index (χ2v) is 0.856. The van der Waals surface area contributed by atoms with E-state index >= 15 is 0 Å². The average Bonchev–Trinajstić information content (AvgIpc) is 2.17. The van der Waals surface area contributed by atoms with Crippen molar-refractivity contribution < 1.29 is 0 Å². The fourth-order valence-electron chi connectivity index (χ4n) is 0.215. The van der Waals surface area contributed by atoms with Gasteiger partial charge in [-0.05, 0) is 6.07 Å². The summed E-state index contributed by atoms with van der Waals surface area (Å²) in [5, 5.41) is 6.21. The van der Waals surface area contributed by atoms with Crippen LogP contribution in [0.1, 0.15) is 0 Å². The largest absolute Gasteiger partial charge is 0.373 e. The van der Waals surface area contributed by atoms with Gasteiger partial charge in [0.05, 0.1) is 0 Å². The third kappa shape index (κ3) is 4.52. The summed E-state index contributed by atoms with van der Waals surface area (Å²) in [6.45, 7) is 0. The van der Waals surface area contributed by atoms with Crippen molar-refractivity contribution in [3.8, 4) is 0 Å². The Morgan fingerprint density at radius 3 is 2.25 bits per heavy atom. The standard InChI is InChI=1S/C3H4N2.N3/c1-2-4-5-3-1;1-3-2/h1-3H,(H,4,5);/q;-1. The van der Waals surface area contributed by atoms with Crippen molar-refractivity contribution in [3.05, 3.63) is 34.4 Å². The van der Waals surface area contributed by atoms with E-state index in [9.17, 15) is 0 Å². The normalized spacial score (nSPS) is 6.00. The molecule has 5 nitrogen and oxygen atoms in total. The summed E-state index contributed by atoms with van der Waals surface area (Å²) in [6.07, 6.45) is 3.46. The number of hydrogen-bond donors (Lipinski definition) is 1. The molecule has 1 heterocycles. The molecule has 1 N–H and O–H groups in total. The van der Waals surface area contributed by atoms with Gasteiger partial charge in [0.25, 0.3) is 0 Å². The number of rotatable bonds is 0. The Labute approximate surface area is 45.8 Å². The van der Waals surface area contributed by atoms with Crippen LogP contribution in [0.3, 0.4) is 0 Å². The lowest BCUT2D eigenvalue weighted by atomic mass is 10.8. The molecule has 1 aromatic rings. The molecular weight excluding hydrogens is 106 g/mol. The lowest BCUT2D eigenvalue weighted by Gasteiger charge is -1.49. The van der Waals surface area contributed by atoms with E-state index in [0.717, 1.165) is 0 Å². The van der Waals surface area contributed by atoms with E-state index in [0.29, 0.717) is 0 Å². The van der Waals surface area contributed by atoms with Gasteiger partial charge in [0.1, 0.15) is 0 Å². The van der Waals surface area contributed by atoms with Crippen LogP contribution < -0.4 is 0 Å². The molecule has 0 saturated heterocycles. The van der Waals surface area contributed by atoms with E-state index in [2.05, 4.69) is 10.2 Å². The summed E-state index contributed by atoms with van der Waals surface area (Å²) in [6, 6.07) is 1.83. The molecule has 0 fully saturated rings. The maximum absolute atomic E-state index is 6.75. The zero-order chi connectivity index (χ0) is 6.24. The molecular formula is C3H4N5-. The number of hydrogen-bond acceptors (Lipinski definition) is 1. The monoisotopic (exact) mass is 110 g/mol. The zero-order valence-electron chi connectivity index (χ0n) is 4.02. The van der Waals surface area contributed by atoms with Crippen LogP contribution in [0.4, 0.5) is 0 Å². The van der Waals surface area contributed by atoms with E-state index in [1.54, 1.807) is 12.4 Å². The molecule has 0 bridgehead atoms. The SMILES string of the molecule is [N-]=[N+]=[N-].c1cn[nH]c1. The summed E-state index contributed by atoms with van der Waals surface area (Å²) in [5.41, 5.74) is 13.5. The molecule has 0 aliphatic carbocycles. The van der Waals surface area contributed by atoms with Crippen LogP contribution in [0.15, 0.2) is 18.5 Å². The molecule has 0 atom stereocenters. The minimum Gasteiger partial charge on any atom is -0.373 e. The Bertz CT molecular complexity index is 119. The van der Waals surface area contributed by atoms with Gasteiger partial charge in [-0.25, -0.2) is 0 Å². The van der Waals surface area contributed by atoms with Gasteiger partial charge in [-0.15, -0.1) is 0 Å². The van der Waals surface area contributed by atoms with E-state index in [1.165, 1.54) is 4.91 Å². The van der Waals surface area contributed by atoms with Crippen molar-refractivity contribution in [2.45, 2.75) is 0 Å². The van der Waals surface area contributed by atoms with Crippen LogP contribution in [-0.2, 0) is 0 Å². The van der Waals surface area contributed by atoms with E-state index in [4.69, 9.17) is 11.1 Å². The maximum Gasteiger partial charge on any atom is 0.0487 e. The van der Waals surface area contributed by atoms with Crippen LogP contribution >= 0.6 is 0 Å². The molecule has 0 saturated carbocycles. The highest BCUT2D eigenvalue weighted by Gasteiger charge is 1.56. The Hall–Kier alpha value is -1.48. The Balaban J connectivity index is 0.000000145. The summed E-state index contributed by atoms with van der Waals surface area (Å²) in [4.78, 5) is 1.50. The van der Waals surface area contributed by atoms with Gasteiger partial charge in [-0.1, -0.05) is 0 Å². The molecule has 42 valence electrons. The number of nitrogens with one attached hydrogen (secondary N) is 1. The summed E-state index contributed by atoms with van der Waals surface area (Å²) < 4.78 is 0. The molecule has 0 amide bonds. The fourth-order valence-corrected chi connectivity index (χ4v) is 0.215.